The first kappa shape index (κ1) is 21.8. The Morgan fingerprint density at radius 1 is 0.533 bits per heavy atom. The van der Waals surface area contributed by atoms with E-state index in [1.165, 1.54) is 14.1 Å². The van der Waals surface area contributed by atoms with Crippen LogP contribution in [0.3, 0.4) is 0 Å². The van der Waals surface area contributed by atoms with Crippen LogP contribution in [0, 0.1) is 0 Å². The molecule has 12 nitrogen and oxygen atoms in total. The van der Waals surface area contributed by atoms with E-state index in [-0.39, 0.29) is 13.1 Å². The van der Waals surface area contributed by atoms with Crippen LogP contribution in [0.25, 0.3) is 0 Å². The summed E-state index contributed by atoms with van der Waals surface area (Å²) in [6.07, 6.45) is 1.19. The minimum Gasteiger partial charge on any atom is -0.301 e. The highest BCUT2D eigenvalue weighted by Crippen LogP contribution is 2.12. The van der Waals surface area contributed by atoms with Crippen molar-refractivity contribution < 1.29 is 28.8 Å². The number of hydrogen-bond acceptors (Lipinski definition) is 8. The minimum atomic E-state index is -0.790. The molecule has 0 N–H and O–H groups in total. The molecule has 3 rings (SSSR count). The summed E-state index contributed by atoms with van der Waals surface area (Å²) in [5.74, 6) is -3.12. The van der Waals surface area contributed by atoms with Gasteiger partial charge in [0.1, 0.15) is 0 Å². The quantitative estimate of drug-likeness (QED) is 0.333. The molecule has 0 aliphatic carbocycles. The Morgan fingerprint density at radius 3 is 1.13 bits per heavy atom. The molecule has 3 saturated heterocycles. The minimum absolute atomic E-state index is 0.221. The number of nitrogens with zero attached hydrogens (tertiary/aromatic N) is 6. The zero-order chi connectivity index (χ0) is 22.0. The van der Waals surface area contributed by atoms with E-state index >= 15 is 0 Å². The zero-order valence-electron chi connectivity index (χ0n) is 17.2. The number of amides is 8. The maximum absolute atomic E-state index is 11.8. The molecule has 3 heterocycles. The van der Waals surface area contributed by atoms with E-state index in [0.29, 0.717) is 25.9 Å². The van der Waals surface area contributed by atoms with Crippen LogP contribution in [0.4, 0.5) is 9.59 Å². The molecule has 0 aromatic carbocycles. The molecular weight excluding hydrogens is 396 g/mol. The van der Waals surface area contributed by atoms with Gasteiger partial charge in [-0.05, 0) is 25.9 Å². The van der Waals surface area contributed by atoms with Crippen molar-refractivity contribution in [3.05, 3.63) is 0 Å². The number of rotatable bonds is 8. The summed E-state index contributed by atoms with van der Waals surface area (Å²) < 4.78 is 0. The van der Waals surface area contributed by atoms with Gasteiger partial charge in [0.15, 0.2) is 0 Å². The first-order chi connectivity index (χ1) is 14.2. The SMILES string of the molecule is CN1C(=O)C(=O)N(CCCN2CCN(CCCN3C(=O)C(=O)N(C)C3=O)CC2)C1=O. The van der Waals surface area contributed by atoms with Crippen LogP contribution in [-0.4, -0.2) is 132 Å². The van der Waals surface area contributed by atoms with Gasteiger partial charge < -0.3 is 9.80 Å². The lowest BCUT2D eigenvalue weighted by atomic mass is 10.2. The number of imide groups is 4. The number of carbonyl (C=O) groups excluding carboxylic acids is 6. The highest BCUT2D eigenvalue weighted by molar-refractivity contribution is 6.45. The van der Waals surface area contributed by atoms with Gasteiger partial charge in [-0.2, -0.15) is 0 Å². The molecule has 3 fully saturated rings. The van der Waals surface area contributed by atoms with Crippen molar-refractivity contribution in [2.45, 2.75) is 12.8 Å². The average molecular weight is 422 g/mol. The maximum atomic E-state index is 11.8. The lowest BCUT2D eigenvalue weighted by Crippen LogP contribution is -2.47. The van der Waals surface area contributed by atoms with Crippen molar-refractivity contribution in [2.24, 2.45) is 0 Å². The predicted octanol–water partition coefficient (Wildman–Crippen LogP) is -1.77. The number of hydrogen-bond donors (Lipinski definition) is 0. The van der Waals surface area contributed by atoms with Crippen LogP contribution in [0.15, 0.2) is 0 Å². The molecule has 3 aliphatic rings. The molecule has 30 heavy (non-hydrogen) atoms. The number of carbonyl (C=O) groups is 6. The highest BCUT2D eigenvalue weighted by Gasteiger charge is 2.42. The van der Waals surface area contributed by atoms with E-state index in [0.717, 1.165) is 45.8 Å². The normalized spacial score (nSPS) is 21.8. The van der Waals surface area contributed by atoms with Crippen molar-refractivity contribution in [1.82, 2.24) is 29.4 Å². The van der Waals surface area contributed by atoms with Gasteiger partial charge in [-0.3, -0.25) is 38.8 Å². The largest absolute Gasteiger partial charge is 0.333 e. The van der Waals surface area contributed by atoms with E-state index in [2.05, 4.69) is 9.80 Å². The Bertz CT molecular complexity index is 713. The Morgan fingerprint density at radius 2 is 0.867 bits per heavy atom. The molecule has 0 spiro atoms. The number of piperazine rings is 1. The van der Waals surface area contributed by atoms with E-state index in [4.69, 9.17) is 0 Å². The first-order valence-corrected chi connectivity index (χ1v) is 9.94. The summed E-state index contributed by atoms with van der Waals surface area (Å²) in [6.45, 7) is 5.17. The topological polar surface area (TPSA) is 122 Å². The van der Waals surface area contributed by atoms with Gasteiger partial charge in [0.2, 0.25) is 0 Å². The fourth-order valence-electron chi connectivity index (χ4n) is 3.76. The summed E-state index contributed by atoms with van der Waals surface area (Å²) in [5.41, 5.74) is 0. The molecule has 12 heteroatoms. The van der Waals surface area contributed by atoms with E-state index in [9.17, 15) is 28.8 Å². The predicted molar refractivity (Wildman–Crippen MR) is 102 cm³/mol. The Labute approximate surface area is 173 Å². The van der Waals surface area contributed by atoms with E-state index in [1.807, 2.05) is 0 Å². The third-order valence-electron chi connectivity index (χ3n) is 5.68. The second-order valence-electron chi connectivity index (χ2n) is 7.60. The fraction of sp³-hybridized carbons (Fsp3) is 0.667. The number of urea groups is 2. The molecule has 3 aliphatic heterocycles. The van der Waals surface area contributed by atoms with Crippen LogP contribution in [0.1, 0.15) is 12.8 Å². The van der Waals surface area contributed by atoms with E-state index < -0.39 is 35.7 Å². The van der Waals surface area contributed by atoms with Crippen LogP contribution >= 0.6 is 0 Å². The van der Waals surface area contributed by atoms with Crippen LogP contribution in [0.2, 0.25) is 0 Å². The van der Waals surface area contributed by atoms with Gasteiger partial charge in [0.05, 0.1) is 0 Å². The van der Waals surface area contributed by atoms with Crippen molar-refractivity contribution in [1.29, 1.82) is 0 Å². The average Bonchev–Trinajstić information content (AvgIpc) is 3.04. The second kappa shape index (κ2) is 8.88. The Hall–Kier alpha value is -2.86. The standard InChI is InChI=1S/C18H26N6O6/c1-19-13(25)15(27)23(17(19)29)7-3-5-21-9-11-22(12-10-21)6-4-8-24-16(28)14(26)20(2)18(24)30/h3-12H2,1-2H3. The van der Waals surface area contributed by atoms with Crippen molar-refractivity contribution in [3.63, 3.8) is 0 Å². The molecule has 0 atom stereocenters. The molecule has 0 radical (unpaired) electrons. The third kappa shape index (κ3) is 4.19. The van der Waals surface area contributed by atoms with Crippen LogP contribution < -0.4 is 0 Å². The molecule has 0 aromatic heterocycles. The first-order valence-electron chi connectivity index (χ1n) is 9.94. The smallest absolute Gasteiger partial charge is 0.301 e. The fourth-order valence-corrected chi connectivity index (χ4v) is 3.76. The molecule has 0 unspecified atom stereocenters. The summed E-state index contributed by atoms with van der Waals surface area (Å²) in [6, 6.07) is -1.14. The lowest BCUT2D eigenvalue weighted by Gasteiger charge is -2.35. The maximum Gasteiger partial charge on any atom is 0.333 e. The van der Waals surface area contributed by atoms with Crippen LogP contribution in [0.5, 0.6) is 0 Å². The monoisotopic (exact) mass is 422 g/mol. The molecular formula is C18H26N6O6. The van der Waals surface area contributed by atoms with Gasteiger partial charge in [-0.1, -0.05) is 0 Å². The summed E-state index contributed by atoms with van der Waals surface area (Å²) in [5, 5.41) is 0. The highest BCUT2D eigenvalue weighted by atomic mass is 16.2. The molecule has 0 saturated carbocycles. The lowest BCUT2D eigenvalue weighted by molar-refractivity contribution is -0.142. The molecule has 0 bridgehead atoms. The number of likely N-dealkylation sites (N-methyl/N-ethyl adjacent to an activating group) is 2. The van der Waals surface area contributed by atoms with Gasteiger partial charge in [-0.15, -0.1) is 0 Å². The third-order valence-corrected chi connectivity index (χ3v) is 5.68. The van der Waals surface area contributed by atoms with Gasteiger partial charge in [-0.25, -0.2) is 9.59 Å². The molecule has 8 amide bonds. The molecule has 0 aromatic rings. The van der Waals surface area contributed by atoms with Crippen molar-refractivity contribution in [2.75, 3.05) is 66.5 Å². The molecule has 164 valence electrons. The van der Waals surface area contributed by atoms with E-state index in [1.54, 1.807) is 0 Å². The zero-order valence-corrected chi connectivity index (χ0v) is 17.2. The van der Waals surface area contributed by atoms with Gasteiger partial charge in [0.25, 0.3) is 0 Å². The Kier molecular flexibility index (Phi) is 6.46. The van der Waals surface area contributed by atoms with Gasteiger partial charge >= 0.3 is 35.7 Å². The summed E-state index contributed by atoms with van der Waals surface area (Å²) in [4.78, 5) is 78.3. The van der Waals surface area contributed by atoms with Crippen molar-refractivity contribution >= 4 is 35.7 Å². The van der Waals surface area contributed by atoms with Gasteiger partial charge in [0, 0.05) is 53.4 Å². The van der Waals surface area contributed by atoms with Crippen LogP contribution in [-0.2, 0) is 19.2 Å². The van der Waals surface area contributed by atoms with Crippen molar-refractivity contribution in [3.8, 4) is 0 Å². The Balaban J connectivity index is 1.32. The second-order valence-corrected chi connectivity index (χ2v) is 7.60. The summed E-state index contributed by atoms with van der Waals surface area (Å²) >= 11 is 0. The summed E-state index contributed by atoms with van der Waals surface area (Å²) in [7, 11) is 2.60.